The highest BCUT2D eigenvalue weighted by Crippen LogP contribution is 2.36. The Morgan fingerprint density at radius 3 is 2.20 bits per heavy atom. The molecule has 1 aliphatic heterocycles. The highest BCUT2D eigenvalue weighted by molar-refractivity contribution is 9.10. The van der Waals surface area contributed by atoms with Gasteiger partial charge in [0.25, 0.3) is 0 Å². The van der Waals surface area contributed by atoms with Crippen molar-refractivity contribution in [2.75, 3.05) is 0 Å². The Morgan fingerprint density at radius 1 is 1.27 bits per heavy atom. The van der Waals surface area contributed by atoms with Gasteiger partial charge in [-0.25, -0.2) is 4.98 Å². The Bertz CT molecular complexity index is 364. The van der Waals surface area contributed by atoms with Gasteiger partial charge in [0.1, 0.15) is 9.51 Å². The van der Waals surface area contributed by atoms with E-state index in [1.54, 1.807) is 11.3 Å². The Balaban J connectivity index is 2.23. The van der Waals surface area contributed by atoms with E-state index < -0.39 is 0 Å². The molecule has 0 aromatic carbocycles. The number of hydrogen-bond acceptors (Lipinski definition) is 4. The second-order valence-corrected chi connectivity index (χ2v) is 6.30. The highest BCUT2D eigenvalue weighted by atomic mass is 79.9. The molecular weight excluding hydrogens is 277 g/mol. The van der Waals surface area contributed by atoms with Crippen LogP contribution >= 0.6 is 27.3 Å². The van der Waals surface area contributed by atoms with Crippen molar-refractivity contribution in [1.29, 1.82) is 0 Å². The lowest BCUT2D eigenvalue weighted by Crippen LogP contribution is -2.41. The van der Waals surface area contributed by atoms with Gasteiger partial charge in [0.05, 0.1) is 11.2 Å². The zero-order valence-corrected chi connectivity index (χ0v) is 11.6. The first-order valence-corrected chi connectivity index (χ1v) is 6.46. The van der Waals surface area contributed by atoms with Crippen LogP contribution in [-0.4, -0.2) is 23.3 Å². The third-order valence-corrected chi connectivity index (χ3v) is 4.52. The average Bonchev–Trinajstić information content (AvgIpc) is 2.56. The summed E-state index contributed by atoms with van der Waals surface area (Å²) in [5, 5.41) is 1.93. The van der Waals surface area contributed by atoms with Crippen LogP contribution in [0, 0.1) is 0 Å². The molecule has 1 aliphatic rings. The van der Waals surface area contributed by atoms with Crippen LogP contribution in [0.15, 0.2) is 9.98 Å². The predicted molar refractivity (Wildman–Crippen MR) is 65.5 cm³/mol. The molecule has 2 rings (SSSR count). The Labute approximate surface area is 102 Å². The minimum Gasteiger partial charge on any atom is -0.398 e. The van der Waals surface area contributed by atoms with Gasteiger partial charge in [0.2, 0.25) is 0 Å². The van der Waals surface area contributed by atoms with Crippen LogP contribution in [0.2, 0.25) is 0 Å². The van der Waals surface area contributed by atoms with Crippen molar-refractivity contribution in [2.45, 2.75) is 38.9 Å². The first-order valence-electron chi connectivity index (χ1n) is 4.78. The van der Waals surface area contributed by atoms with Crippen LogP contribution in [-0.2, 0) is 9.31 Å². The van der Waals surface area contributed by atoms with Gasteiger partial charge < -0.3 is 9.31 Å². The van der Waals surface area contributed by atoms with Gasteiger partial charge in [-0.1, -0.05) is 0 Å². The molecule has 0 aliphatic carbocycles. The highest BCUT2D eigenvalue weighted by Gasteiger charge is 2.52. The van der Waals surface area contributed by atoms with Crippen molar-refractivity contribution in [1.82, 2.24) is 4.98 Å². The molecule has 1 saturated heterocycles. The molecule has 6 heteroatoms. The second-order valence-electron chi connectivity index (χ2n) is 4.60. The molecule has 0 atom stereocenters. The SMILES string of the molecule is CC1(C)OB(c2nc(Br)cs2)OC1(C)C. The number of nitrogens with zero attached hydrogens (tertiary/aromatic N) is 1. The van der Waals surface area contributed by atoms with Gasteiger partial charge in [0.15, 0.2) is 0 Å². The van der Waals surface area contributed by atoms with Crippen LogP contribution in [0.1, 0.15) is 27.7 Å². The first-order chi connectivity index (χ1) is 6.82. The molecule has 1 fully saturated rings. The zero-order valence-electron chi connectivity index (χ0n) is 9.20. The van der Waals surface area contributed by atoms with Gasteiger partial charge in [0, 0.05) is 5.38 Å². The summed E-state index contributed by atoms with van der Waals surface area (Å²) >= 11 is 4.86. The number of halogens is 1. The molecule has 2 heterocycles. The van der Waals surface area contributed by atoms with E-state index in [2.05, 4.69) is 20.9 Å². The van der Waals surface area contributed by atoms with Crippen molar-refractivity contribution < 1.29 is 9.31 Å². The van der Waals surface area contributed by atoms with E-state index in [0.717, 1.165) is 9.51 Å². The van der Waals surface area contributed by atoms with Crippen LogP contribution in [0.3, 0.4) is 0 Å². The summed E-state index contributed by atoms with van der Waals surface area (Å²) in [6.45, 7) is 8.15. The second kappa shape index (κ2) is 3.55. The summed E-state index contributed by atoms with van der Waals surface area (Å²) in [5.74, 6) is 0. The molecule has 1 aromatic rings. The summed E-state index contributed by atoms with van der Waals surface area (Å²) in [7, 11) is -0.341. The van der Waals surface area contributed by atoms with Crippen LogP contribution < -0.4 is 4.91 Å². The van der Waals surface area contributed by atoms with Crippen molar-refractivity contribution in [3.8, 4) is 0 Å². The van der Waals surface area contributed by atoms with Crippen LogP contribution in [0.4, 0.5) is 0 Å². The van der Waals surface area contributed by atoms with Crippen LogP contribution in [0.25, 0.3) is 0 Å². The number of aromatic nitrogens is 1. The molecular formula is C9H13BBrNO2S. The van der Waals surface area contributed by atoms with Gasteiger partial charge in [-0.2, -0.15) is 0 Å². The zero-order chi connectivity index (χ0) is 11.3. The van der Waals surface area contributed by atoms with Gasteiger partial charge >= 0.3 is 7.12 Å². The van der Waals surface area contributed by atoms with E-state index in [9.17, 15) is 0 Å². The largest absolute Gasteiger partial charge is 0.525 e. The maximum atomic E-state index is 5.87. The quantitative estimate of drug-likeness (QED) is 0.743. The molecule has 3 nitrogen and oxygen atoms in total. The topological polar surface area (TPSA) is 31.4 Å². The van der Waals surface area contributed by atoms with Crippen molar-refractivity contribution in [2.24, 2.45) is 0 Å². The van der Waals surface area contributed by atoms with E-state index in [0.29, 0.717) is 0 Å². The van der Waals surface area contributed by atoms with Crippen LogP contribution in [0.5, 0.6) is 0 Å². The first kappa shape index (κ1) is 11.6. The molecule has 0 radical (unpaired) electrons. The molecule has 1 aromatic heterocycles. The van der Waals surface area contributed by atoms with E-state index in [1.807, 2.05) is 33.1 Å². The fraction of sp³-hybridized carbons (Fsp3) is 0.667. The monoisotopic (exact) mass is 289 g/mol. The van der Waals surface area contributed by atoms with Gasteiger partial charge in [-0.15, -0.1) is 11.3 Å². The molecule has 0 amide bonds. The van der Waals surface area contributed by atoms with E-state index in [4.69, 9.17) is 9.31 Å². The molecule has 0 saturated carbocycles. The maximum absolute atomic E-state index is 5.87. The molecule has 0 N–H and O–H groups in total. The maximum Gasteiger partial charge on any atom is 0.525 e. The van der Waals surface area contributed by atoms with Crippen molar-refractivity contribution in [3.63, 3.8) is 0 Å². The molecule has 15 heavy (non-hydrogen) atoms. The Hall–Kier alpha value is 0.0949. The minimum absolute atomic E-state index is 0.296. The smallest absolute Gasteiger partial charge is 0.398 e. The minimum atomic E-state index is -0.341. The number of rotatable bonds is 1. The molecule has 0 unspecified atom stereocenters. The third kappa shape index (κ3) is 2.00. The van der Waals surface area contributed by atoms with E-state index in [1.165, 1.54) is 0 Å². The van der Waals surface area contributed by atoms with Gasteiger partial charge in [-0.3, -0.25) is 0 Å². The number of hydrogen-bond donors (Lipinski definition) is 0. The van der Waals surface area contributed by atoms with Crippen molar-refractivity contribution in [3.05, 3.63) is 9.98 Å². The summed E-state index contributed by atoms with van der Waals surface area (Å²) < 4.78 is 12.6. The molecule has 0 spiro atoms. The standard InChI is InChI=1S/C9H13BBrNO2S/c1-8(2)9(3,4)14-10(13-8)7-12-6(11)5-15-7/h5H,1-4H3. The summed E-state index contributed by atoms with van der Waals surface area (Å²) in [6.07, 6.45) is 0. The third-order valence-electron chi connectivity index (χ3n) is 2.95. The summed E-state index contributed by atoms with van der Waals surface area (Å²) in [6, 6.07) is 0. The fourth-order valence-corrected chi connectivity index (χ4v) is 2.54. The fourth-order valence-electron chi connectivity index (χ4n) is 1.32. The lowest BCUT2D eigenvalue weighted by Gasteiger charge is -2.32. The summed E-state index contributed by atoms with van der Waals surface area (Å²) in [5.41, 5.74) is -0.592. The number of thiazole rings is 1. The molecule has 0 bridgehead atoms. The Kier molecular flexibility index (Phi) is 2.74. The molecule has 82 valence electrons. The Morgan fingerprint density at radius 2 is 1.80 bits per heavy atom. The van der Waals surface area contributed by atoms with E-state index >= 15 is 0 Å². The van der Waals surface area contributed by atoms with E-state index in [-0.39, 0.29) is 18.3 Å². The summed E-state index contributed by atoms with van der Waals surface area (Å²) in [4.78, 5) is 5.17. The van der Waals surface area contributed by atoms with Gasteiger partial charge in [-0.05, 0) is 43.6 Å². The average molecular weight is 290 g/mol. The normalized spacial score (nSPS) is 23.4. The predicted octanol–water partition coefficient (Wildman–Crippen LogP) is 2.20. The lowest BCUT2D eigenvalue weighted by molar-refractivity contribution is 0.00578. The lowest BCUT2D eigenvalue weighted by atomic mass is 9.90. The van der Waals surface area contributed by atoms with Crippen molar-refractivity contribution >= 4 is 39.3 Å².